The molecule has 0 saturated heterocycles. The minimum atomic E-state index is -3.85. The van der Waals surface area contributed by atoms with Crippen molar-refractivity contribution in [3.05, 3.63) is 27.8 Å². The van der Waals surface area contributed by atoms with Gasteiger partial charge in [-0.2, -0.15) is 4.99 Å². The van der Waals surface area contributed by atoms with Crippen LogP contribution in [0.5, 0.6) is 0 Å². The first-order valence-electron chi connectivity index (χ1n) is 5.74. The maximum absolute atomic E-state index is 12.1. The molecule has 1 saturated carbocycles. The van der Waals surface area contributed by atoms with Crippen LogP contribution >= 0.6 is 0 Å². The molecule has 8 nitrogen and oxygen atoms in total. The Morgan fingerprint density at radius 1 is 1.45 bits per heavy atom. The summed E-state index contributed by atoms with van der Waals surface area (Å²) in [5.41, 5.74) is -0.369. The molecular weight excluding hydrogens is 286 g/mol. The average molecular weight is 297 g/mol. The van der Waals surface area contributed by atoms with Gasteiger partial charge in [-0.15, -0.1) is 0 Å². The summed E-state index contributed by atoms with van der Waals surface area (Å²) >= 11 is 0. The van der Waals surface area contributed by atoms with Crippen LogP contribution in [0, 0.1) is 17.0 Å². The normalized spacial score (nSPS) is 14.7. The Labute approximate surface area is 114 Å². The molecule has 1 N–H and O–H groups in total. The minimum absolute atomic E-state index is 0.0784. The van der Waals surface area contributed by atoms with Gasteiger partial charge in [0.05, 0.1) is 21.1 Å². The van der Waals surface area contributed by atoms with Gasteiger partial charge < -0.3 is 0 Å². The highest BCUT2D eigenvalue weighted by Gasteiger charge is 2.30. The fourth-order valence-corrected chi connectivity index (χ4v) is 3.00. The molecule has 0 bridgehead atoms. The van der Waals surface area contributed by atoms with Gasteiger partial charge in [0.25, 0.3) is 5.69 Å². The van der Waals surface area contributed by atoms with Crippen molar-refractivity contribution < 1.29 is 18.1 Å². The van der Waals surface area contributed by atoms with Crippen molar-refractivity contribution in [3.8, 4) is 0 Å². The zero-order valence-corrected chi connectivity index (χ0v) is 11.3. The molecule has 20 heavy (non-hydrogen) atoms. The van der Waals surface area contributed by atoms with Crippen LogP contribution in [0.1, 0.15) is 18.4 Å². The number of nitro benzene ring substituents is 1. The van der Waals surface area contributed by atoms with E-state index in [1.54, 1.807) is 0 Å². The lowest BCUT2D eigenvalue weighted by Crippen LogP contribution is -2.25. The molecule has 0 unspecified atom stereocenters. The number of nitrogens with zero attached hydrogens (tertiary/aromatic N) is 2. The van der Waals surface area contributed by atoms with Crippen LogP contribution in [0.25, 0.3) is 0 Å². The number of carbonyl (C=O) groups excluding carboxylic acids is 1. The van der Waals surface area contributed by atoms with E-state index in [2.05, 4.69) is 9.71 Å². The fourth-order valence-electron chi connectivity index (χ4n) is 1.66. The number of hydrogen-bond donors (Lipinski definition) is 1. The largest absolute Gasteiger partial charge is 0.275 e. The summed E-state index contributed by atoms with van der Waals surface area (Å²) in [6, 6.07) is 1.96. The van der Waals surface area contributed by atoms with Gasteiger partial charge in [-0.25, -0.2) is 17.9 Å². The van der Waals surface area contributed by atoms with Gasteiger partial charge in [0.1, 0.15) is 0 Å². The quantitative estimate of drug-likeness (QED) is 0.380. The van der Waals surface area contributed by atoms with E-state index >= 15 is 0 Å². The molecule has 9 heteroatoms. The summed E-state index contributed by atoms with van der Waals surface area (Å²) in [6.45, 7) is 1.39. The van der Waals surface area contributed by atoms with Gasteiger partial charge in [0.2, 0.25) is 16.1 Å². The second-order valence-electron chi connectivity index (χ2n) is 4.44. The Bertz CT molecular complexity index is 695. The predicted octanol–water partition coefficient (Wildman–Crippen LogP) is 1.31. The third-order valence-corrected chi connectivity index (χ3v) is 4.40. The molecule has 1 aliphatic carbocycles. The van der Waals surface area contributed by atoms with E-state index in [0.29, 0.717) is 0 Å². The molecule has 1 fully saturated rings. The molecule has 1 aromatic carbocycles. The van der Waals surface area contributed by atoms with Crippen molar-refractivity contribution in [3.63, 3.8) is 0 Å². The van der Waals surface area contributed by atoms with E-state index in [1.165, 1.54) is 13.0 Å². The van der Waals surface area contributed by atoms with Crippen molar-refractivity contribution in [2.24, 2.45) is 4.99 Å². The summed E-state index contributed by atoms with van der Waals surface area (Å²) in [7, 11) is -3.85. The third-order valence-electron chi connectivity index (χ3n) is 2.90. The van der Waals surface area contributed by atoms with Crippen LogP contribution in [-0.4, -0.2) is 25.5 Å². The monoisotopic (exact) mass is 297 g/mol. The summed E-state index contributed by atoms with van der Waals surface area (Å²) in [4.78, 5) is 23.6. The molecule has 0 amide bonds. The van der Waals surface area contributed by atoms with Gasteiger partial charge >= 0.3 is 0 Å². The highest BCUT2D eigenvalue weighted by Crippen LogP contribution is 2.32. The molecular formula is C11H11N3O5S. The first-order valence-corrected chi connectivity index (χ1v) is 7.22. The van der Waals surface area contributed by atoms with E-state index in [0.717, 1.165) is 25.0 Å². The minimum Gasteiger partial charge on any atom is -0.258 e. The molecule has 106 valence electrons. The molecule has 0 heterocycles. The lowest BCUT2D eigenvalue weighted by molar-refractivity contribution is -0.385. The Kier molecular flexibility index (Phi) is 3.67. The number of benzene rings is 1. The van der Waals surface area contributed by atoms with Crippen LogP contribution in [0.3, 0.4) is 0 Å². The highest BCUT2D eigenvalue weighted by atomic mass is 32.2. The number of nitro groups is 1. The first kappa shape index (κ1) is 14.3. The molecule has 0 aliphatic heterocycles. The molecule has 1 aliphatic rings. The topological polar surface area (TPSA) is 119 Å². The fraction of sp³-hybridized carbons (Fsp3) is 0.364. The SMILES string of the molecule is Cc1c(N=C=O)cc(S(=O)(=O)NC2CC2)cc1[N+](=O)[O-]. The number of hydrogen-bond acceptors (Lipinski definition) is 6. The summed E-state index contributed by atoms with van der Waals surface area (Å²) in [5.74, 6) is 0. The zero-order chi connectivity index (χ0) is 14.9. The molecule has 0 radical (unpaired) electrons. The number of rotatable bonds is 5. The maximum Gasteiger partial charge on any atom is 0.275 e. The lowest BCUT2D eigenvalue weighted by Gasteiger charge is -2.08. The molecule has 0 spiro atoms. The van der Waals surface area contributed by atoms with Crippen LogP contribution < -0.4 is 4.72 Å². The van der Waals surface area contributed by atoms with Gasteiger partial charge in [0.15, 0.2) is 0 Å². The van der Waals surface area contributed by atoms with E-state index in [1.807, 2.05) is 0 Å². The van der Waals surface area contributed by atoms with Crippen molar-refractivity contribution in [1.29, 1.82) is 0 Å². The predicted molar refractivity (Wildman–Crippen MR) is 69.0 cm³/mol. The summed E-state index contributed by atoms with van der Waals surface area (Å²) in [5, 5.41) is 10.9. The van der Waals surface area contributed by atoms with Crippen molar-refractivity contribution in [1.82, 2.24) is 4.72 Å². The van der Waals surface area contributed by atoms with Crippen LogP contribution in [0.4, 0.5) is 11.4 Å². The van der Waals surface area contributed by atoms with Crippen LogP contribution in [0.15, 0.2) is 22.0 Å². The smallest absolute Gasteiger partial charge is 0.258 e. The standard InChI is InChI=1S/C11H11N3O5S/c1-7-10(12-6-15)4-9(5-11(7)14(16)17)20(18,19)13-8-2-3-8/h4-5,8,13H,2-3H2,1H3. The van der Waals surface area contributed by atoms with E-state index < -0.39 is 20.6 Å². The molecule has 0 aromatic heterocycles. The van der Waals surface area contributed by atoms with E-state index in [9.17, 15) is 23.3 Å². The van der Waals surface area contributed by atoms with Gasteiger partial charge in [-0.3, -0.25) is 10.1 Å². The highest BCUT2D eigenvalue weighted by molar-refractivity contribution is 7.89. The second kappa shape index (κ2) is 5.12. The van der Waals surface area contributed by atoms with Crippen molar-refractivity contribution in [2.45, 2.75) is 30.7 Å². The number of aliphatic imine (C=N–C) groups is 1. The zero-order valence-electron chi connectivity index (χ0n) is 10.5. The first-order chi connectivity index (χ1) is 9.35. The Balaban J connectivity index is 2.58. The summed E-state index contributed by atoms with van der Waals surface area (Å²) in [6.07, 6.45) is 2.75. The van der Waals surface area contributed by atoms with Gasteiger partial charge in [0, 0.05) is 12.1 Å². The Morgan fingerprint density at radius 2 is 2.10 bits per heavy atom. The molecule has 2 rings (SSSR count). The van der Waals surface area contributed by atoms with Crippen molar-refractivity contribution in [2.75, 3.05) is 0 Å². The summed E-state index contributed by atoms with van der Waals surface area (Å²) < 4.78 is 26.5. The van der Waals surface area contributed by atoms with Gasteiger partial charge in [-0.1, -0.05) is 0 Å². The second-order valence-corrected chi connectivity index (χ2v) is 6.16. The Morgan fingerprint density at radius 3 is 2.60 bits per heavy atom. The number of sulfonamides is 1. The van der Waals surface area contributed by atoms with E-state index in [4.69, 9.17) is 0 Å². The lowest BCUT2D eigenvalue weighted by atomic mass is 10.1. The van der Waals surface area contributed by atoms with E-state index in [-0.39, 0.29) is 22.2 Å². The number of isocyanates is 1. The average Bonchev–Trinajstić information content (AvgIpc) is 3.14. The van der Waals surface area contributed by atoms with Crippen LogP contribution in [-0.2, 0) is 14.8 Å². The number of nitrogens with one attached hydrogen (secondary N) is 1. The molecule has 0 atom stereocenters. The Hall–Kier alpha value is -2.09. The maximum atomic E-state index is 12.1. The molecule has 1 aromatic rings. The third kappa shape index (κ3) is 2.90. The van der Waals surface area contributed by atoms with Gasteiger partial charge in [-0.05, 0) is 25.8 Å². The van der Waals surface area contributed by atoms with Crippen LogP contribution in [0.2, 0.25) is 0 Å². The van der Waals surface area contributed by atoms with Crippen molar-refractivity contribution >= 4 is 27.5 Å².